The summed E-state index contributed by atoms with van der Waals surface area (Å²) in [4.78, 5) is 21.0. The van der Waals surface area contributed by atoms with Crippen molar-refractivity contribution in [3.05, 3.63) is 0 Å². The minimum Gasteiger partial charge on any atom is -0.460 e. The van der Waals surface area contributed by atoms with Gasteiger partial charge in [-0.25, -0.2) is 9.59 Å². The van der Waals surface area contributed by atoms with Gasteiger partial charge < -0.3 is 18.9 Å². The molecule has 0 spiro atoms. The number of esters is 1. The van der Waals surface area contributed by atoms with Crippen LogP contribution in [0.2, 0.25) is 0 Å². The van der Waals surface area contributed by atoms with Crippen LogP contribution in [0.15, 0.2) is 0 Å². The molecule has 0 bridgehead atoms. The molecule has 0 aliphatic rings. The van der Waals surface area contributed by atoms with Gasteiger partial charge in [-0.05, 0) is 0 Å². The second-order valence-corrected chi connectivity index (χ2v) is 1.96. The molecule has 0 saturated heterocycles. The van der Waals surface area contributed by atoms with Crippen LogP contribution in [0.1, 0.15) is 0 Å². The highest BCUT2D eigenvalue weighted by atomic mass is 16.7. The van der Waals surface area contributed by atoms with Gasteiger partial charge in [0.15, 0.2) is 0 Å². The SMILES string of the molecule is COCC(=O)OCCOC(=O)OC. The highest BCUT2D eigenvalue weighted by Crippen LogP contribution is 1.84. The van der Waals surface area contributed by atoms with Gasteiger partial charge in [0, 0.05) is 7.11 Å². The maximum Gasteiger partial charge on any atom is 0.508 e. The first-order chi connectivity index (χ1) is 6.20. The number of ether oxygens (including phenoxy) is 4. The molecule has 0 radical (unpaired) electrons. The zero-order chi connectivity index (χ0) is 10.1. The van der Waals surface area contributed by atoms with E-state index in [1.165, 1.54) is 14.2 Å². The highest BCUT2D eigenvalue weighted by molar-refractivity contribution is 5.70. The van der Waals surface area contributed by atoms with Crippen molar-refractivity contribution in [2.75, 3.05) is 34.0 Å². The number of rotatable bonds is 5. The molecule has 0 atom stereocenters. The lowest BCUT2D eigenvalue weighted by Gasteiger charge is -2.04. The third-order valence-electron chi connectivity index (χ3n) is 0.995. The van der Waals surface area contributed by atoms with E-state index in [2.05, 4.69) is 18.9 Å². The number of methoxy groups -OCH3 is 2. The molecular weight excluding hydrogens is 180 g/mol. The van der Waals surface area contributed by atoms with Crippen molar-refractivity contribution in [3.63, 3.8) is 0 Å². The first-order valence-electron chi connectivity index (χ1n) is 3.56. The predicted octanol–water partition coefficient (Wildman–Crippen LogP) is -0.0410. The molecule has 0 saturated carbocycles. The quantitative estimate of drug-likeness (QED) is 0.449. The van der Waals surface area contributed by atoms with Crippen molar-refractivity contribution < 1.29 is 28.5 Å². The number of carbonyl (C=O) groups excluding carboxylic acids is 2. The predicted molar refractivity (Wildman–Crippen MR) is 41.2 cm³/mol. The number of carbonyl (C=O) groups is 2. The second kappa shape index (κ2) is 7.35. The summed E-state index contributed by atoms with van der Waals surface area (Å²) in [5.41, 5.74) is 0. The van der Waals surface area contributed by atoms with E-state index in [0.717, 1.165) is 0 Å². The molecule has 13 heavy (non-hydrogen) atoms. The van der Waals surface area contributed by atoms with Crippen molar-refractivity contribution >= 4 is 12.1 Å². The lowest BCUT2D eigenvalue weighted by atomic mass is 10.7. The molecule has 0 aromatic carbocycles. The molecule has 0 unspecified atom stereocenters. The van der Waals surface area contributed by atoms with Crippen LogP contribution in [0.4, 0.5) is 4.79 Å². The van der Waals surface area contributed by atoms with Gasteiger partial charge in [-0.15, -0.1) is 0 Å². The van der Waals surface area contributed by atoms with Gasteiger partial charge in [-0.1, -0.05) is 0 Å². The Balaban J connectivity index is 3.25. The van der Waals surface area contributed by atoms with Gasteiger partial charge >= 0.3 is 12.1 Å². The van der Waals surface area contributed by atoms with Crippen LogP contribution in [0, 0.1) is 0 Å². The molecule has 0 N–H and O–H groups in total. The van der Waals surface area contributed by atoms with Crippen LogP contribution in [0.3, 0.4) is 0 Å². The molecular formula is C7H12O6. The van der Waals surface area contributed by atoms with E-state index in [9.17, 15) is 9.59 Å². The lowest BCUT2D eigenvalue weighted by molar-refractivity contribution is -0.149. The Bertz CT molecular complexity index is 166. The van der Waals surface area contributed by atoms with Crippen LogP contribution in [0.5, 0.6) is 0 Å². The molecule has 76 valence electrons. The van der Waals surface area contributed by atoms with Gasteiger partial charge in [0.2, 0.25) is 0 Å². The highest BCUT2D eigenvalue weighted by Gasteiger charge is 2.03. The first kappa shape index (κ1) is 11.7. The summed E-state index contributed by atoms with van der Waals surface area (Å²) in [6, 6.07) is 0. The third-order valence-corrected chi connectivity index (χ3v) is 0.995. The Labute approximate surface area is 75.7 Å². The van der Waals surface area contributed by atoms with Gasteiger partial charge in [-0.2, -0.15) is 0 Å². The number of hydrogen-bond acceptors (Lipinski definition) is 6. The fraction of sp³-hybridized carbons (Fsp3) is 0.714. The Hall–Kier alpha value is -1.30. The first-order valence-corrected chi connectivity index (χ1v) is 3.56. The largest absolute Gasteiger partial charge is 0.508 e. The van der Waals surface area contributed by atoms with Gasteiger partial charge in [0.1, 0.15) is 19.8 Å². The van der Waals surface area contributed by atoms with Crippen LogP contribution in [0.25, 0.3) is 0 Å². The van der Waals surface area contributed by atoms with Crippen molar-refractivity contribution in [2.45, 2.75) is 0 Å². The zero-order valence-corrected chi connectivity index (χ0v) is 7.57. The Morgan fingerprint density at radius 3 is 2.23 bits per heavy atom. The summed E-state index contributed by atoms with van der Waals surface area (Å²) >= 11 is 0. The number of hydrogen-bond donors (Lipinski definition) is 0. The third kappa shape index (κ3) is 7.07. The summed E-state index contributed by atoms with van der Waals surface area (Å²) in [6.07, 6.45) is -0.803. The summed E-state index contributed by atoms with van der Waals surface area (Å²) in [6.45, 7) is -0.141. The Morgan fingerprint density at radius 2 is 1.69 bits per heavy atom. The maximum absolute atomic E-state index is 10.6. The standard InChI is InChI=1S/C7H12O6/c1-10-5-6(8)12-3-4-13-7(9)11-2/h3-5H2,1-2H3. The van der Waals surface area contributed by atoms with Crippen molar-refractivity contribution in [2.24, 2.45) is 0 Å². The molecule has 6 nitrogen and oxygen atoms in total. The summed E-state index contributed by atoms with van der Waals surface area (Å²) < 4.78 is 17.7. The van der Waals surface area contributed by atoms with E-state index in [-0.39, 0.29) is 19.8 Å². The monoisotopic (exact) mass is 192 g/mol. The van der Waals surface area contributed by atoms with Crippen LogP contribution in [-0.2, 0) is 23.7 Å². The summed E-state index contributed by atoms with van der Waals surface area (Å²) in [5.74, 6) is -0.504. The zero-order valence-electron chi connectivity index (χ0n) is 7.57. The smallest absolute Gasteiger partial charge is 0.460 e. The summed E-state index contributed by atoms with van der Waals surface area (Å²) in [5, 5.41) is 0. The lowest BCUT2D eigenvalue weighted by Crippen LogP contribution is -2.16. The van der Waals surface area contributed by atoms with E-state index in [0.29, 0.717) is 0 Å². The van der Waals surface area contributed by atoms with Crippen molar-refractivity contribution in [1.29, 1.82) is 0 Å². The average Bonchev–Trinajstić information content (AvgIpc) is 2.12. The van der Waals surface area contributed by atoms with E-state index in [4.69, 9.17) is 0 Å². The van der Waals surface area contributed by atoms with Crippen LogP contribution < -0.4 is 0 Å². The Morgan fingerprint density at radius 1 is 1.08 bits per heavy atom. The minimum absolute atomic E-state index is 0.00269. The fourth-order valence-corrected chi connectivity index (χ4v) is 0.499. The summed E-state index contributed by atoms with van der Waals surface area (Å²) in [7, 11) is 2.57. The maximum atomic E-state index is 10.6. The normalized spacial score (nSPS) is 9.08. The van der Waals surface area contributed by atoms with Gasteiger partial charge in [-0.3, -0.25) is 0 Å². The molecule has 0 aliphatic carbocycles. The van der Waals surface area contributed by atoms with Crippen LogP contribution in [-0.4, -0.2) is 46.2 Å². The van der Waals surface area contributed by atoms with Gasteiger partial charge in [0.05, 0.1) is 7.11 Å². The molecule has 0 aliphatic heterocycles. The van der Waals surface area contributed by atoms with E-state index >= 15 is 0 Å². The average molecular weight is 192 g/mol. The van der Waals surface area contributed by atoms with E-state index in [1.807, 2.05) is 0 Å². The molecule has 0 rings (SSSR count). The van der Waals surface area contributed by atoms with Crippen molar-refractivity contribution in [3.8, 4) is 0 Å². The fourth-order valence-electron chi connectivity index (χ4n) is 0.499. The Kier molecular flexibility index (Phi) is 6.62. The minimum atomic E-state index is -0.803. The van der Waals surface area contributed by atoms with Crippen LogP contribution >= 0.6 is 0 Å². The molecule has 0 fully saturated rings. The van der Waals surface area contributed by atoms with Gasteiger partial charge in [0.25, 0.3) is 0 Å². The molecule has 0 aromatic heterocycles. The molecule has 0 aromatic rings. The second-order valence-electron chi connectivity index (χ2n) is 1.96. The van der Waals surface area contributed by atoms with Crippen molar-refractivity contribution in [1.82, 2.24) is 0 Å². The van der Waals surface area contributed by atoms with E-state index < -0.39 is 12.1 Å². The molecule has 6 heteroatoms. The molecule has 0 amide bonds. The topological polar surface area (TPSA) is 71.1 Å². The molecule has 0 heterocycles. The van der Waals surface area contributed by atoms with E-state index in [1.54, 1.807) is 0 Å².